The van der Waals surface area contributed by atoms with Crippen molar-refractivity contribution in [2.75, 3.05) is 12.4 Å². The molecular weight excluding hydrogens is 304 g/mol. The fourth-order valence-electron chi connectivity index (χ4n) is 1.55. The van der Waals surface area contributed by atoms with E-state index in [-0.39, 0.29) is 17.8 Å². The molecule has 0 bridgehead atoms. The Hall–Kier alpha value is -1.70. The first-order chi connectivity index (χ1) is 8.60. The van der Waals surface area contributed by atoms with Crippen LogP contribution in [0.5, 0.6) is 5.88 Å². The lowest BCUT2D eigenvalue weighted by Gasteiger charge is -2.21. The zero-order chi connectivity index (χ0) is 13.1. The number of nitrogens with zero attached hydrogens (tertiary/aromatic N) is 2. The molecule has 1 fully saturated rings. The Labute approximate surface area is 111 Å². The van der Waals surface area contributed by atoms with Crippen molar-refractivity contribution in [3.05, 3.63) is 10.7 Å². The number of aromatic nitrogens is 2. The Morgan fingerprint density at radius 3 is 3.00 bits per heavy atom. The zero-order valence-corrected chi connectivity index (χ0v) is 11.2. The summed E-state index contributed by atoms with van der Waals surface area (Å²) in [6.07, 6.45) is 2.25. The van der Waals surface area contributed by atoms with Gasteiger partial charge in [-0.1, -0.05) is 0 Å². The van der Waals surface area contributed by atoms with Crippen LogP contribution < -0.4 is 15.4 Å². The molecule has 2 amide bonds. The Morgan fingerprint density at radius 1 is 1.56 bits per heavy atom. The van der Waals surface area contributed by atoms with E-state index in [9.17, 15) is 9.59 Å². The Morgan fingerprint density at radius 2 is 2.33 bits per heavy atom. The Bertz CT molecular complexity index is 494. The average molecular weight is 315 g/mol. The molecule has 1 aliphatic rings. The smallest absolute Gasteiger partial charge is 0.249 e. The van der Waals surface area contributed by atoms with Gasteiger partial charge >= 0.3 is 0 Å². The van der Waals surface area contributed by atoms with Crippen molar-refractivity contribution in [2.24, 2.45) is 0 Å². The van der Waals surface area contributed by atoms with Gasteiger partial charge in [-0.15, -0.1) is 0 Å². The molecule has 1 aromatic heterocycles. The van der Waals surface area contributed by atoms with Crippen molar-refractivity contribution in [1.82, 2.24) is 15.3 Å². The third-order valence-electron chi connectivity index (χ3n) is 2.45. The first-order valence-corrected chi connectivity index (χ1v) is 6.06. The van der Waals surface area contributed by atoms with Crippen molar-refractivity contribution in [2.45, 2.75) is 18.9 Å². The van der Waals surface area contributed by atoms with Gasteiger partial charge in [-0.3, -0.25) is 14.9 Å². The van der Waals surface area contributed by atoms with Crippen LogP contribution in [0.25, 0.3) is 0 Å². The van der Waals surface area contributed by atoms with Crippen LogP contribution in [0.4, 0.5) is 5.95 Å². The Balaban J connectivity index is 2.09. The summed E-state index contributed by atoms with van der Waals surface area (Å²) in [6.45, 7) is 0. The number of nitrogens with one attached hydrogen (secondary N) is 2. The highest BCUT2D eigenvalue weighted by atomic mass is 79.9. The largest absolute Gasteiger partial charge is 0.480 e. The van der Waals surface area contributed by atoms with Crippen molar-refractivity contribution >= 4 is 33.7 Å². The molecule has 18 heavy (non-hydrogen) atoms. The van der Waals surface area contributed by atoms with Gasteiger partial charge in [-0.05, 0) is 22.4 Å². The second-order valence-corrected chi connectivity index (χ2v) is 4.55. The second kappa shape index (κ2) is 5.30. The number of ether oxygens (including phenoxy) is 1. The predicted octanol–water partition coefficient (Wildman–Crippen LogP) is 0.465. The van der Waals surface area contributed by atoms with Crippen molar-refractivity contribution in [3.8, 4) is 5.88 Å². The molecule has 0 aromatic carbocycles. The first kappa shape index (κ1) is 12.7. The molecule has 1 saturated heterocycles. The number of rotatable bonds is 3. The monoisotopic (exact) mass is 314 g/mol. The van der Waals surface area contributed by atoms with E-state index in [0.717, 1.165) is 0 Å². The zero-order valence-electron chi connectivity index (χ0n) is 9.57. The summed E-state index contributed by atoms with van der Waals surface area (Å²) >= 11 is 3.23. The van der Waals surface area contributed by atoms with Crippen molar-refractivity contribution in [3.63, 3.8) is 0 Å². The number of carbonyl (C=O) groups is 2. The molecule has 7 nitrogen and oxygen atoms in total. The van der Waals surface area contributed by atoms with Crippen molar-refractivity contribution in [1.29, 1.82) is 0 Å². The van der Waals surface area contributed by atoms with E-state index in [2.05, 4.69) is 36.5 Å². The minimum Gasteiger partial charge on any atom is -0.480 e. The van der Waals surface area contributed by atoms with Gasteiger partial charge in [0.2, 0.25) is 23.6 Å². The van der Waals surface area contributed by atoms with Crippen LogP contribution in [0, 0.1) is 0 Å². The molecule has 2 heterocycles. The highest BCUT2D eigenvalue weighted by Crippen LogP contribution is 2.22. The number of hydrogen-bond donors (Lipinski definition) is 2. The van der Waals surface area contributed by atoms with Crippen LogP contribution in [0.15, 0.2) is 10.7 Å². The third-order valence-corrected chi connectivity index (χ3v) is 2.99. The summed E-state index contributed by atoms with van der Waals surface area (Å²) in [5, 5.41) is 5.12. The van der Waals surface area contributed by atoms with Crippen LogP contribution in [0.3, 0.4) is 0 Å². The minimum absolute atomic E-state index is 0.257. The molecule has 1 aromatic rings. The number of imide groups is 1. The first-order valence-electron chi connectivity index (χ1n) is 5.27. The summed E-state index contributed by atoms with van der Waals surface area (Å²) < 4.78 is 5.65. The van der Waals surface area contributed by atoms with Gasteiger partial charge in [0.05, 0.1) is 17.8 Å². The maximum absolute atomic E-state index is 11.5. The maximum Gasteiger partial charge on any atom is 0.249 e. The van der Waals surface area contributed by atoms with Crippen LogP contribution in [-0.2, 0) is 9.59 Å². The summed E-state index contributed by atoms with van der Waals surface area (Å²) in [5.74, 6) is 0.0356. The molecule has 2 rings (SSSR count). The molecule has 1 aliphatic heterocycles. The van der Waals surface area contributed by atoms with E-state index in [4.69, 9.17) is 4.74 Å². The lowest BCUT2D eigenvalue weighted by molar-refractivity contribution is -0.133. The molecule has 0 spiro atoms. The lowest BCUT2D eigenvalue weighted by Crippen LogP contribution is -2.47. The summed E-state index contributed by atoms with van der Waals surface area (Å²) in [6, 6.07) is -0.506. The third kappa shape index (κ3) is 2.76. The molecule has 8 heteroatoms. The van der Waals surface area contributed by atoms with Gasteiger partial charge < -0.3 is 10.1 Å². The van der Waals surface area contributed by atoms with Gasteiger partial charge in [0, 0.05) is 6.42 Å². The van der Waals surface area contributed by atoms with Crippen LogP contribution in [-0.4, -0.2) is 34.9 Å². The lowest BCUT2D eigenvalue weighted by atomic mass is 10.1. The van der Waals surface area contributed by atoms with E-state index in [1.54, 1.807) is 0 Å². The topological polar surface area (TPSA) is 93.2 Å². The number of carbonyl (C=O) groups excluding carboxylic acids is 2. The molecule has 1 unspecified atom stereocenters. The SMILES string of the molecule is COc1nc(NC2CCC(=O)NC2=O)ncc1Br. The number of methoxy groups -OCH3 is 1. The summed E-state index contributed by atoms with van der Waals surface area (Å²) in [7, 11) is 1.49. The number of anilines is 1. The Kier molecular flexibility index (Phi) is 3.75. The van der Waals surface area contributed by atoms with E-state index in [0.29, 0.717) is 23.2 Å². The number of hydrogen-bond acceptors (Lipinski definition) is 6. The molecule has 0 saturated carbocycles. The molecule has 96 valence electrons. The van der Waals surface area contributed by atoms with Gasteiger partial charge in [0.15, 0.2) is 0 Å². The fourth-order valence-corrected chi connectivity index (χ4v) is 1.90. The summed E-state index contributed by atoms with van der Waals surface area (Å²) in [5.41, 5.74) is 0. The van der Waals surface area contributed by atoms with Gasteiger partial charge in [-0.2, -0.15) is 4.98 Å². The van der Waals surface area contributed by atoms with Gasteiger partial charge in [0.25, 0.3) is 0 Å². The number of halogens is 1. The number of piperidine rings is 1. The van der Waals surface area contributed by atoms with E-state index < -0.39 is 6.04 Å². The highest BCUT2D eigenvalue weighted by molar-refractivity contribution is 9.10. The van der Waals surface area contributed by atoms with Crippen LogP contribution >= 0.6 is 15.9 Å². The fraction of sp³-hybridized carbons (Fsp3) is 0.400. The van der Waals surface area contributed by atoms with Crippen LogP contribution in [0.2, 0.25) is 0 Å². The predicted molar refractivity (Wildman–Crippen MR) is 66.1 cm³/mol. The normalized spacial score (nSPS) is 19.3. The molecule has 1 atom stereocenters. The molecule has 0 aliphatic carbocycles. The minimum atomic E-state index is -0.506. The van der Waals surface area contributed by atoms with E-state index in [1.807, 2.05) is 0 Å². The van der Waals surface area contributed by atoms with E-state index in [1.165, 1.54) is 13.3 Å². The van der Waals surface area contributed by atoms with Gasteiger partial charge in [0.1, 0.15) is 6.04 Å². The second-order valence-electron chi connectivity index (χ2n) is 3.70. The van der Waals surface area contributed by atoms with E-state index >= 15 is 0 Å². The molecule has 2 N–H and O–H groups in total. The average Bonchev–Trinajstić information content (AvgIpc) is 2.35. The quantitative estimate of drug-likeness (QED) is 0.788. The summed E-state index contributed by atoms with van der Waals surface area (Å²) in [4.78, 5) is 30.6. The van der Waals surface area contributed by atoms with Crippen LogP contribution in [0.1, 0.15) is 12.8 Å². The van der Waals surface area contributed by atoms with Crippen molar-refractivity contribution < 1.29 is 14.3 Å². The molecular formula is C10H11BrN4O3. The highest BCUT2D eigenvalue weighted by Gasteiger charge is 2.27. The van der Waals surface area contributed by atoms with Gasteiger partial charge in [-0.25, -0.2) is 4.98 Å². The number of amides is 2. The molecule has 0 radical (unpaired) electrons. The standard InChI is InChI=1S/C10H11BrN4O3/c1-18-9-5(11)4-12-10(15-9)13-6-2-3-7(16)14-8(6)17/h4,6H,2-3H2,1H3,(H,12,13,15)(H,14,16,17). The maximum atomic E-state index is 11.5.